The molecule has 2 aromatic carbocycles. The molecule has 9 heteroatoms. The molecule has 1 unspecified atom stereocenters. The van der Waals surface area contributed by atoms with Crippen LogP contribution in [0.2, 0.25) is 0 Å². The Morgan fingerprint density at radius 3 is 2.26 bits per heavy atom. The normalized spacial score (nSPS) is 12.4. The van der Waals surface area contributed by atoms with Gasteiger partial charge in [0.25, 0.3) is 0 Å². The predicted octanol–water partition coefficient (Wildman–Crippen LogP) is 5.26. The number of halogens is 4. The second-order valence-corrected chi connectivity index (χ2v) is 9.03. The molecular weight excluding hydrogens is 493 g/mol. The molecule has 0 saturated carbocycles. The second kappa shape index (κ2) is 10.3. The summed E-state index contributed by atoms with van der Waals surface area (Å²) >= 11 is 26.5. The molecule has 0 aliphatic heterocycles. The maximum atomic E-state index is 12.2. The van der Waals surface area contributed by atoms with E-state index in [4.69, 9.17) is 47.0 Å². The fraction of sp³-hybridized carbons (Fsp3) is 0.111. The maximum Gasteiger partial charge on any atom is 0.245 e. The number of rotatable bonds is 5. The van der Waals surface area contributed by atoms with Crippen LogP contribution in [0.1, 0.15) is 5.56 Å². The van der Waals surface area contributed by atoms with E-state index in [-0.39, 0.29) is 5.11 Å². The Hall–Kier alpha value is -1.31. The lowest BCUT2D eigenvalue weighted by molar-refractivity contribution is -0.117. The Kier molecular flexibility index (Phi) is 8.38. The first-order valence-corrected chi connectivity index (χ1v) is 10.0. The molecule has 27 heavy (non-hydrogen) atoms. The fourth-order valence-electron chi connectivity index (χ4n) is 1.96. The standard InChI is InChI=1S/C18H15BrCl3N3OS/c19-13-7-9-14(10-8-13)23-17(27)25-16(18(20,21)22)24-15(26)11-6-12-4-2-1-3-5-12/h1-11,16H,(H,24,26)(H2,23,25,27). The van der Waals surface area contributed by atoms with Crippen molar-refractivity contribution in [1.82, 2.24) is 10.6 Å². The van der Waals surface area contributed by atoms with Crippen molar-refractivity contribution in [2.45, 2.75) is 9.96 Å². The van der Waals surface area contributed by atoms with Crippen LogP contribution < -0.4 is 16.0 Å². The number of carbonyl (C=O) groups is 1. The van der Waals surface area contributed by atoms with E-state index >= 15 is 0 Å². The molecule has 142 valence electrons. The fourth-order valence-corrected chi connectivity index (χ4v) is 2.79. The molecule has 1 atom stereocenters. The summed E-state index contributed by atoms with van der Waals surface area (Å²) in [4.78, 5) is 12.2. The van der Waals surface area contributed by atoms with Crippen molar-refractivity contribution in [2.24, 2.45) is 0 Å². The van der Waals surface area contributed by atoms with Crippen LogP contribution in [0.5, 0.6) is 0 Å². The SMILES string of the molecule is O=C(C=Cc1ccccc1)NC(NC(=S)Nc1ccc(Br)cc1)C(Cl)(Cl)Cl. The maximum absolute atomic E-state index is 12.2. The highest BCUT2D eigenvalue weighted by molar-refractivity contribution is 9.10. The average molecular weight is 508 g/mol. The van der Waals surface area contributed by atoms with Gasteiger partial charge in [-0.15, -0.1) is 0 Å². The van der Waals surface area contributed by atoms with Crippen molar-refractivity contribution >= 4 is 85.7 Å². The van der Waals surface area contributed by atoms with Gasteiger partial charge in [-0.25, -0.2) is 0 Å². The summed E-state index contributed by atoms with van der Waals surface area (Å²) in [5, 5.41) is 8.53. The van der Waals surface area contributed by atoms with Crippen LogP contribution >= 0.6 is 63.0 Å². The molecule has 0 bridgehead atoms. The van der Waals surface area contributed by atoms with Crippen LogP contribution in [0.3, 0.4) is 0 Å². The highest BCUT2D eigenvalue weighted by Gasteiger charge is 2.34. The number of carbonyl (C=O) groups excluding carboxylic acids is 1. The van der Waals surface area contributed by atoms with Gasteiger partial charge in [-0.05, 0) is 48.1 Å². The first kappa shape index (κ1) is 22.0. The van der Waals surface area contributed by atoms with Gasteiger partial charge in [0.05, 0.1) is 0 Å². The summed E-state index contributed by atoms with van der Waals surface area (Å²) in [6, 6.07) is 16.7. The molecule has 0 fully saturated rings. The van der Waals surface area contributed by atoms with Gasteiger partial charge < -0.3 is 16.0 Å². The third-order valence-electron chi connectivity index (χ3n) is 3.22. The molecule has 0 spiro atoms. The number of amides is 1. The summed E-state index contributed by atoms with van der Waals surface area (Å²) < 4.78 is -0.884. The number of anilines is 1. The zero-order valence-corrected chi connectivity index (χ0v) is 18.4. The van der Waals surface area contributed by atoms with E-state index in [2.05, 4.69) is 31.9 Å². The number of thiocarbonyl (C=S) groups is 1. The van der Waals surface area contributed by atoms with Gasteiger partial charge in [-0.1, -0.05) is 81.1 Å². The van der Waals surface area contributed by atoms with Gasteiger partial charge in [-0.2, -0.15) is 0 Å². The number of nitrogens with one attached hydrogen (secondary N) is 3. The van der Waals surface area contributed by atoms with Crippen LogP contribution in [0.25, 0.3) is 6.08 Å². The van der Waals surface area contributed by atoms with Crippen molar-refractivity contribution in [1.29, 1.82) is 0 Å². The van der Waals surface area contributed by atoms with Gasteiger partial charge >= 0.3 is 0 Å². The first-order valence-electron chi connectivity index (χ1n) is 7.67. The lowest BCUT2D eigenvalue weighted by atomic mass is 10.2. The van der Waals surface area contributed by atoms with Crippen molar-refractivity contribution in [3.8, 4) is 0 Å². The van der Waals surface area contributed by atoms with E-state index in [0.717, 1.165) is 15.7 Å². The zero-order valence-electron chi connectivity index (χ0n) is 13.8. The quantitative estimate of drug-likeness (QED) is 0.224. The predicted molar refractivity (Wildman–Crippen MR) is 121 cm³/mol. The highest BCUT2D eigenvalue weighted by atomic mass is 79.9. The van der Waals surface area contributed by atoms with Crippen molar-refractivity contribution in [3.05, 3.63) is 70.7 Å². The first-order chi connectivity index (χ1) is 12.7. The minimum Gasteiger partial charge on any atom is -0.339 e. The topological polar surface area (TPSA) is 53.2 Å². The molecule has 0 saturated heterocycles. The number of alkyl halides is 3. The van der Waals surface area contributed by atoms with Crippen LogP contribution in [0.15, 0.2) is 65.1 Å². The molecule has 2 aromatic rings. The van der Waals surface area contributed by atoms with Gasteiger partial charge in [0.2, 0.25) is 9.70 Å². The van der Waals surface area contributed by atoms with Crippen molar-refractivity contribution in [2.75, 3.05) is 5.32 Å². The van der Waals surface area contributed by atoms with Crippen LogP contribution in [0, 0.1) is 0 Å². The van der Waals surface area contributed by atoms with E-state index in [1.165, 1.54) is 6.08 Å². The Morgan fingerprint density at radius 1 is 1.04 bits per heavy atom. The van der Waals surface area contributed by atoms with Crippen molar-refractivity contribution in [3.63, 3.8) is 0 Å². The largest absolute Gasteiger partial charge is 0.339 e. The molecule has 0 aliphatic carbocycles. The molecule has 0 aliphatic rings. The highest BCUT2D eigenvalue weighted by Crippen LogP contribution is 2.29. The third kappa shape index (κ3) is 8.07. The molecule has 4 nitrogen and oxygen atoms in total. The minimum atomic E-state index is -1.82. The Bertz CT molecular complexity index is 811. The molecule has 0 heterocycles. The minimum absolute atomic E-state index is 0.195. The van der Waals surface area contributed by atoms with E-state index < -0.39 is 15.9 Å². The summed E-state index contributed by atoms with van der Waals surface area (Å²) in [7, 11) is 0. The Morgan fingerprint density at radius 2 is 1.67 bits per heavy atom. The van der Waals surface area contributed by atoms with Gasteiger partial charge in [-0.3, -0.25) is 4.79 Å². The molecule has 0 radical (unpaired) electrons. The third-order valence-corrected chi connectivity index (χ3v) is 4.62. The van der Waals surface area contributed by atoms with Crippen molar-refractivity contribution < 1.29 is 4.79 Å². The molecular formula is C18H15BrCl3N3OS. The van der Waals surface area contributed by atoms with Crippen LogP contribution in [-0.2, 0) is 4.79 Å². The van der Waals surface area contributed by atoms with E-state index in [1.54, 1.807) is 6.08 Å². The van der Waals surface area contributed by atoms with E-state index in [1.807, 2.05) is 54.6 Å². The smallest absolute Gasteiger partial charge is 0.245 e. The van der Waals surface area contributed by atoms with Gasteiger partial charge in [0.15, 0.2) is 5.11 Å². The summed E-state index contributed by atoms with van der Waals surface area (Å²) in [5.74, 6) is -0.436. The second-order valence-electron chi connectivity index (χ2n) is 5.33. The number of hydrogen-bond donors (Lipinski definition) is 3. The van der Waals surface area contributed by atoms with E-state index in [0.29, 0.717) is 0 Å². The Balaban J connectivity index is 1.98. The lowest BCUT2D eigenvalue weighted by Gasteiger charge is -2.27. The van der Waals surface area contributed by atoms with E-state index in [9.17, 15) is 4.79 Å². The lowest BCUT2D eigenvalue weighted by Crippen LogP contribution is -2.55. The summed E-state index contributed by atoms with van der Waals surface area (Å²) in [6.45, 7) is 0. The number of benzene rings is 2. The van der Waals surface area contributed by atoms with Gasteiger partial charge in [0.1, 0.15) is 6.17 Å². The Labute approximate surface area is 186 Å². The summed E-state index contributed by atoms with van der Waals surface area (Å²) in [6.07, 6.45) is 1.97. The van der Waals surface area contributed by atoms with Crippen LogP contribution in [0.4, 0.5) is 5.69 Å². The number of hydrogen-bond acceptors (Lipinski definition) is 2. The zero-order chi connectivity index (χ0) is 19.9. The monoisotopic (exact) mass is 505 g/mol. The molecule has 1 amide bonds. The molecule has 3 N–H and O–H groups in total. The van der Waals surface area contributed by atoms with Crippen LogP contribution in [-0.4, -0.2) is 21.0 Å². The van der Waals surface area contributed by atoms with Gasteiger partial charge in [0, 0.05) is 16.2 Å². The molecule has 0 aromatic heterocycles. The average Bonchev–Trinajstić information content (AvgIpc) is 2.61. The summed E-state index contributed by atoms with van der Waals surface area (Å²) in [5.41, 5.74) is 1.62. The molecule has 2 rings (SSSR count).